The molecule has 0 radical (unpaired) electrons. The Morgan fingerprint density at radius 3 is 2.86 bits per heavy atom. The van der Waals surface area contributed by atoms with Crippen molar-refractivity contribution in [2.45, 2.75) is 13.0 Å². The van der Waals surface area contributed by atoms with E-state index in [9.17, 15) is 4.79 Å². The Balaban J connectivity index is 2.09. The van der Waals surface area contributed by atoms with Crippen LogP contribution in [0.2, 0.25) is 0 Å². The summed E-state index contributed by atoms with van der Waals surface area (Å²) < 4.78 is 7.90. The lowest BCUT2D eigenvalue weighted by molar-refractivity contribution is 0.527. The van der Waals surface area contributed by atoms with Crippen molar-refractivity contribution < 1.29 is 4.42 Å². The quantitative estimate of drug-likeness (QED) is 0.766. The SMILES string of the molecule is CCNC(c1ccc2c(c1)oc(=O)n2C)c1ccc(Br)s1. The van der Waals surface area contributed by atoms with Gasteiger partial charge in [-0.2, -0.15) is 0 Å². The lowest BCUT2D eigenvalue weighted by atomic mass is 10.0. The van der Waals surface area contributed by atoms with E-state index in [4.69, 9.17) is 4.42 Å². The number of halogens is 1. The van der Waals surface area contributed by atoms with Crippen molar-refractivity contribution in [1.29, 1.82) is 0 Å². The van der Waals surface area contributed by atoms with Crippen LogP contribution in [0.25, 0.3) is 11.1 Å². The topological polar surface area (TPSA) is 47.2 Å². The predicted octanol–water partition coefficient (Wildman–Crippen LogP) is 3.65. The van der Waals surface area contributed by atoms with Crippen LogP contribution in [-0.2, 0) is 7.05 Å². The Labute approximate surface area is 134 Å². The number of hydrogen-bond acceptors (Lipinski definition) is 4. The average molecular weight is 367 g/mol. The van der Waals surface area contributed by atoms with Gasteiger partial charge in [0.1, 0.15) is 0 Å². The Kier molecular flexibility index (Phi) is 4.01. The molecular weight excluding hydrogens is 352 g/mol. The van der Waals surface area contributed by atoms with Crippen molar-refractivity contribution in [3.63, 3.8) is 0 Å². The number of aryl methyl sites for hydroxylation is 1. The van der Waals surface area contributed by atoms with Crippen LogP contribution in [0.4, 0.5) is 0 Å². The molecule has 0 aliphatic heterocycles. The minimum absolute atomic E-state index is 0.0983. The number of oxazole rings is 1. The van der Waals surface area contributed by atoms with Crippen molar-refractivity contribution in [2.24, 2.45) is 7.05 Å². The van der Waals surface area contributed by atoms with Gasteiger partial charge in [-0.05, 0) is 52.3 Å². The van der Waals surface area contributed by atoms with Gasteiger partial charge in [0, 0.05) is 11.9 Å². The first-order chi connectivity index (χ1) is 10.1. The number of fused-ring (bicyclic) bond motifs is 1. The number of hydrogen-bond donors (Lipinski definition) is 1. The molecule has 1 atom stereocenters. The van der Waals surface area contributed by atoms with Crippen LogP contribution in [-0.4, -0.2) is 11.1 Å². The largest absolute Gasteiger partial charge is 0.419 e. The van der Waals surface area contributed by atoms with Gasteiger partial charge in [-0.1, -0.05) is 13.0 Å². The fraction of sp³-hybridized carbons (Fsp3) is 0.267. The molecule has 0 amide bonds. The maximum absolute atomic E-state index is 11.6. The third kappa shape index (κ3) is 2.71. The third-order valence-electron chi connectivity index (χ3n) is 3.44. The summed E-state index contributed by atoms with van der Waals surface area (Å²) in [6.45, 7) is 2.94. The van der Waals surface area contributed by atoms with Crippen molar-refractivity contribution in [2.75, 3.05) is 6.54 Å². The number of benzene rings is 1. The Hall–Kier alpha value is -1.37. The molecule has 0 saturated carbocycles. The van der Waals surface area contributed by atoms with Crippen molar-refractivity contribution in [3.8, 4) is 0 Å². The first-order valence-electron chi connectivity index (χ1n) is 6.68. The Morgan fingerprint density at radius 1 is 1.38 bits per heavy atom. The minimum Gasteiger partial charge on any atom is -0.408 e. The van der Waals surface area contributed by atoms with Crippen molar-refractivity contribution in [3.05, 3.63) is 55.1 Å². The normalized spacial score (nSPS) is 12.9. The average Bonchev–Trinajstić information content (AvgIpc) is 3.01. The van der Waals surface area contributed by atoms with E-state index in [1.165, 1.54) is 9.44 Å². The van der Waals surface area contributed by atoms with Gasteiger partial charge in [-0.15, -0.1) is 11.3 Å². The van der Waals surface area contributed by atoms with Gasteiger partial charge >= 0.3 is 5.76 Å². The van der Waals surface area contributed by atoms with Gasteiger partial charge < -0.3 is 9.73 Å². The second-order valence-electron chi connectivity index (χ2n) is 4.79. The highest BCUT2D eigenvalue weighted by Gasteiger charge is 2.17. The summed E-state index contributed by atoms with van der Waals surface area (Å²) in [6, 6.07) is 10.2. The van der Waals surface area contributed by atoms with E-state index in [1.807, 2.05) is 24.3 Å². The van der Waals surface area contributed by atoms with E-state index < -0.39 is 0 Å². The molecule has 21 heavy (non-hydrogen) atoms. The van der Waals surface area contributed by atoms with Crippen LogP contribution < -0.4 is 11.1 Å². The number of nitrogens with one attached hydrogen (secondary N) is 1. The summed E-state index contributed by atoms with van der Waals surface area (Å²) in [5, 5.41) is 3.48. The van der Waals surface area contributed by atoms with Gasteiger partial charge in [0.15, 0.2) is 5.58 Å². The summed E-state index contributed by atoms with van der Waals surface area (Å²) in [5.41, 5.74) is 2.53. The zero-order valence-corrected chi connectivity index (χ0v) is 14.1. The van der Waals surface area contributed by atoms with Gasteiger partial charge in [-0.25, -0.2) is 4.79 Å². The fourth-order valence-corrected chi connectivity index (χ4v) is 3.93. The minimum atomic E-state index is -0.332. The van der Waals surface area contributed by atoms with E-state index >= 15 is 0 Å². The highest BCUT2D eigenvalue weighted by molar-refractivity contribution is 9.11. The molecule has 6 heteroatoms. The summed E-state index contributed by atoms with van der Waals surface area (Å²) in [4.78, 5) is 12.8. The molecule has 3 aromatic rings. The number of nitrogens with zero attached hydrogens (tertiary/aromatic N) is 1. The lowest BCUT2D eigenvalue weighted by Crippen LogP contribution is -2.21. The van der Waals surface area contributed by atoms with Crippen LogP contribution in [0.15, 0.2) is 43.3 Å². The first-order valence-corrected chi connectivity index (χ1v) is 8.29. The van der Waals surface area contributed by atoms with Crippen LogP contribution in [0.1, 0.15) is 23.4 Å². The predicted molar refractivity (Wildman–Crippen MR) is 89.0 cm³/mol. The molecule has 0 bridgehead atoms. The Morgan fingerprint density at radius 2 is 2.19 bits per heavy atom. The molecule has 0 aliphatic rings. The van der Waals surface area contributed by atoms with Gasteiger partial charge in [0.25, 0.3) is 0 Å². The van der Waals surface area contributed by atoms with Crippen LogP contribution in [0, 0.1) is 0 Å². The second-order valence-corrected chi connectivity index (χ2v) is 7.28. The van der Waals surface area contributed by atoms with Crippen LogP contribution in [0.5, 0.6) is 0 Å². The second kappa shape index (κ2) is 5.79. The summed E-state index contributed by atoms with van der Waals surface area (Å²) in [7, 11) is 1.71. The molecule has 0 saturated heterocycles. The van der Waals surface area contributed by atoms with Gasteiger partial charge in [0.05, 0.1) is 15.3 Å². The highest BCUT2D eigenvalue weighted by atomic mass is 79.9. The molecule has 3 rings (SSSR count). The van der Waals surface area contributed by atoms with Gasteiger partial charge in [-0.3, -0.25) is 4.57 Å². The molecule has 0 fully saturated rings. The van der Waals surface area contributed by atoms with E-state index in [0.717, 1.165) is 21.4 Å². The fourth-order valence-electron chi connectivity index (χ4n) is 2.40. The van der Waals surface area contributed by atoms with E-state index in [2.05, 4.69) is 34.2 Å². The molecular formula is C15H15BrN2O2S. The van der Waals surface area contributed by atoms with E-state index in [-0.39, 0.29) is 11.8 Å². The standard InChI is InChI=1S/C15H15BrN2O2S/c1-3-17-14(12-6-7-13(16)21-12)9-4-5-10-11(8-9)20-15(19)18(10)2/h4-8,14,17H,3H2,1-2H3. The smallest absolute Gasteiger partial charge is 0.408 e. The molecule has 0 aliphatic carbocycles. The van der Waals surface area contributed by atoms with Gasteiger partial charge in [0.2, 0.25) is 0 Å². The maximum Gasteiger partial charge on any atom is 0.419 e. The van der Waals surface area contributed by atoms with Crippen molar-refractivity contribution in [1.82, 2.24) is 9.88 Å². The van der Waals surface area contributed by atoms with Crippen LogP contribution >= 0.6 is 27.3 Å². The number of thiophene rings is 1. The summed E-state index contributed by atoms with van der Waals surface area (Å²) >= 11 is 5.21. The lowest BCUT2D eigenvalue weighted by Gasteiger charge is -2.16. The first kappa shape index (κ1) is 14.6. The molecule has 2 aromatic heterocycles. The Bertz CT molecular complexity index is 834. The zero-order valence-electron chi connectivity index (χ0n) is 11.7. The highest BCUT2D eigenvalue weighted by Crippen LogP contribution is 2.32. The van der Waals surface area contributed by atoms with E-state index in [1.54, 1.807) is 18.4 Å². The maximum atomic E-state index is 11.6. The zero-order chi connectivity index (χ0) is 15.0. The molecule has 1 unspecified atom stereocenters. The molecule has 1 N–H and O–H groups in total. The molecule has 0 spiro atoms. The molecule has 2 heterocycles. The molecule has 4 nitrogen and oxygen atoms in total. The third-order valence-corrected chi connectivity index (χ3v) is 5.12. The number of rotatable bonds is 4. The molecule has 110 valence electrons. The monoisotopic (exact) mass is 366 g/mol. The van der Waals surface area contributed by atoms with E-state index in [0.29, 0.717) is 5.58 Å². The summed E-state index contributed by atoms with van der Waals surface area (Å²) in [5.74, 6) is -0.332. The molecule has 1 aromatic carbocycles. The summed E-state index contributed by atoms with van der Waals surface area (Å²) in [6.07, 6.45) is 0. The number of aromatic nitrogens is 1. The van der Waals surface area contributed by atoms with Crippen LogP contribution in [0.3, 0.4) is 0 Å². The van der Waals surface area contributed by atoms with Crippen molar-refractivity contribution >= 4 is 38.4 Å².